The van der Waals surface area contributed by atoms with Crippen LogP contribution in [-0.2, 0) is 11.2 Å². The van der Waals surface area contributed by atoms with E-state index in [1.54, 1.807) is 0 Å². The SMILES string of the molecule is O=C(O)CCC(Cc1ccccc1)NC(=O)N[C@H]1CCCC[C@@H]1O. The van der Waals surface area contributed by atoms with Gasteiger partial charge in [-0.3, -0.25) is 4.79 Å². The van der Waals surface area contributed by atoms with Gasteiger partial charge in [-0.1, -0.05) is 43.2 Å². The Kier molecular flexibility index (Phi) is 7.06. The van der Waals surface area contributed by atoms with Gasteiger partial charge in [0.2, 0.25) is 0 Å². The molecule has 6 nitrogen and oxygen atoms in total. The maximum atomic E-state index is 12.2. The summed E-state index contributed by atoms with van der Waals surface area (Å²) in [5.41, 5.74) is 1.05. The molecule has 1 saturated carbocycles. The molecule has 0 aromatic heterocycles. The van der Waals surface area contributed by atoms with Gasteiger partial charge in [-0.25, -0.2) is 4.79 Å². The van der Waals surface area contributed by atoms with Crippen LogP contribution in [0, 0.1) is 0 Å². The Bertz CT molecular complexity index is 535. The van der Waals surface area contributed by atoms with Crippen LogP contribution >= 0.6 is 0 Å². The molecule has 2 rings (SSSR count). The molecule has 0 saturated heterocycles. The Morgan fingerprint density at radius 1 is 1.17 bits per heavy atom. The van der Waals surface area contributed by atoms with Crippen LogP contribution in [0.5, 0.6) is 0 Å². The van der Waals surface area contributed by atoms with Crippen molar-refractivity contribution in [1.82, 2.24) is 10.6 Å². The summed E-state index contributed by atoms with van der Waals surface area (Å²) in [7, 11) is 0. The number of carboxylic acids is 1. The van der Waals surface area contributed by atoms with Crippen molar-refractivity contribution in [3.8, 4) is 0 Å². The Balaban J connectivity index is 1.90. The molecule has 24 heavy (non-hydrogen) atoms. The van der Waals surface area contributed by atoms with E-state index in [1.807, 2.05) is 30.3 Å². The number of urea groups is 1. The fraction of sp³-hybridized carbons (Fsp3) is 0.556. The highest BCUT2D eigenvalue weighted by molar-refractivity contribution is 5.75. The minimum absolute atomic E-state index is 0.00380. The third-order valence-corrected chi connectivity index (χ3v) is 4.41. The summed E-state index contributed by atoms with van der Waals surface area (Å²) in [6.07, 6.45) is 3.90. The summed E-state index contributed by atoms with van der Waals surface area (Å²) in [4.78, 5) is 23.1. The third kappa shape index (κ3) is 6.20. The van der Waals surface area contributed by atoms with E-state index in [2.05, 4.69) is 10.6 Å². The van der Waals surface area contributed by atoms with Crippen molar-refractivity contribution >= 4 is 12.0 Å². The van der Waals surface area contributed by atoms with Crippen LogP contribution in [-0.4, -0.2) is 40.4 Å². The van der Waals surface area contributed by atoms with Gasteiger partial charge in [-0.15, -0.1) is 0 Å². The zero-order chi connectivity index (χ0) is 17.4. The first-order chi connectivity index (χ1) is 11.5. The predicted molar refractivity (Wildman–Crippen MR) is 90.7 cm³/mol. The predicted octanol–water partition coefficient (Wildman–Crippen LogP) is 2.07. The lowest BCUT2D eigenvalue weighted by molar-refractivity contribution is -0.137. The summed E-state index contributed by atoms with van der Waals surface area (Å²) in [6, 6.07) is 8.84. The Morgan fingerprint density at radius 3 is 2.54 bits per heavy atom. The van der Waals surface area contributed by atoms with E-state index in [-0.39, 0.29) is 24.5 Å². The summed E-state index contributed by atoms with van der Waals surface area (Å²) in [6.45, 7) is 0. The normalized spacial score (nSPS) is 21.7. The first-order valence-electron chi connectivity index (χ1n) is 8.55. The maximum Gasteiger partial charge on any atom is 0.315 e. The fourth-order valence-corrected chi connectivity index (χ4v) is 3.10. The van der Waals surface area contributed by atoms with Crippen molar-refractivity contribution < 1.29 is 19.8 Å². The molecule has 1 aromatic carbocycles. The molecule has 0 spiro atoms. The van der Waals surface area contributed by atoms with Gasteiger partial charge in [0, 0.05) is 12.5 Å². The quantitative estimate of drug-likeness (QED) is 0.613. The molecule has 1 aliphatic rings. The van der Waals surface area contributed by atoms with Crippen molar-refractivity contribution in [3.05, 3.63) is 35.9 Å². The van der Waals surface area contributed by atoms with E-state index in [4.69, 9.17) is 5.11 Å². The molecule has 0 heterocycles. The van der Waals surface area contributed by atoms with Gasteiger partial charge in [-0.2, -0.15) is 0 Å². The average molecular weight is 334 g/mol. The average Bonchev–Trinajstić information content (AvgIpc) is 2.56. The van der Waals surface area contributed by atoms with Crippen molar-refractivity contribution in [2.24, 2.45) is 0 Å². The number of aliphatic hydroxyl groups excluding tert-OH is 1. The third-order valence-electron chi connectivity index (χ3n) is 4.41. The first kappa shape index (κ1) is 18.3. The van der Waals surface area contributed by atoms with E-state index >= 15 is 0 Å². The molecule has 132 valence electrons. The van der Waals surface area contributed by atoms with Crippen LogP contribution in [0.2, 0.25) is 0 Å². The minimum atomic E-state index is -0.877. The number of aliphatic carboxylic acids is 1. The monoisotopic (exact) mass is 334 g/mol. The van der Waals surface area contributed by atoms with Crippen molar-refractivity contribution in [3.63, 3.8) is 0 Å². The van der Waals surface area contributed by atoms with E-state index < -0.39 is 12.1 Å². The largest absolute Gasteiger partial charge is 0.481 e. The van der Waals surface area contributed by atoms with Crippen LogP contribution in [0.4, 0.5) is 4.79 Å². The number of carbonyl (C=O) groups is 2. The molecule has 1 aliphatic carbocycles. The Morgan fingerprint density at radius 2 is 1.88 bits per heavy atom. The molecule has 2 amide bonds. The molecular weight excluding hydrogens is 308 g/mol. The molecule has 0 bridgehead atoms. The van der Waals surface area contributed by atoms with Crippen LogP contribution in [0.15, 0.2) is 30.3 Å². The lowest BCUT2D eigenvalue weighted by atomic mass is 9.93. The van der Waals surface area contributed by atoms with E-state index in [9.17, 15) is 14.7 Å². The smallest absolute Gasteiger partial charge is 0.315 e. The summed E-state index contributed by atoms with van der Waals surface area (Å²) in [5, 5.41) is 24.5. The second kappa shape index (κ2) is 9.27. The van der Waals surface area contributed by atoms with Gasteiger partial charge >= 0.3 is 12.0 Å². The summed E-state index contributed by atoms with van der Waals surface area (Å²) >= 11 is 0. The van der Waals surface area contributed by atoms with Gasteiger partial charge in [-0.05, 0) is 31.2 Å². The number of nitrogens with one attached hydrogen (secondary N) is 2. The maximum absolute atomic E-state index is 12.2. The van der Waals surface area contributed by atoms with E-state index in [0.717, 1.165) is 24.8 Å². The second-order valence-electron chi connectivity index (χ2n) is 6.40. The number of amides is 2. The van der Waals surface area contributed by atoms with Crippen molar-refractivity contribution in [2.75, 3.05) is 0 Å². The molecule has 1 unspecified atom stereocenters. The second-order valence-corrected chi connectivity index (χ2v) is 6.40. The van der Waals surface area contributed by atoms with Crippen molar-refractivity contribution in [1.29, 1.82) is 0 Å². The molecular formula is C18H26N2O4. The van der Waals surface area contributed by atoms with Gasteiger partial charge in [0.1, 0.15) is 0 Å². The highest BCUT2D eigenvalue weighted by atomic mass is 16.4. The highest BCUT2D eigenvalue weighted by Crippen LogP contribution is 2.18. The van der Waals surface area contributed by atoms with Crippen molar-refractivity contribution in [2.45, 2.75) is 63.1 Å². The molecule has 0 radical (unpaired) electrons. The van der Waals surface area contributed by atoms with Crippen LogP contribution in [0.1, 0.15) is 44.1 Å². The summed E-state index contributed by atoms with van der Waals surface area (Å²) < 4.78 is 0. The molecule has 1 fully saturated rings. The highest BCUT2D eigenvalue weighted by Gasteiger charge is 2.25. The standard InChI is InChI=1S/C18H26N2O4/c21-16-9-5-4-8-15(16)20-18(24)19-14(10-11-17(22)23)12-13-6-2-1-3-7-13/h1-3,6-7,14-16,21H,4-5,8-12H2,(H,22,23)(H2,19,20,24)/t14?,15-,16-/m0/s1. The molecule has 3 atom stereocenters. The lowest BCUT2D eigenvalue weighted by Gasteiger charge is -2.29. The first-order valence-corrected chi connectivity index (χ1v) is 8.55. The van der Waals surface area contributed by atoms with Gasteiger partial charge in [0.25, 0.3) is 0 Å². The Labute approximate surface area is 142 Å². The lowest BCUT2D eigenvalue weighted by Crippen LogP contribution is -2.51. The number of benzene rings is 1. The van der Waals surface area contributed by atoms with Gasteiger partial charge in [0.15, 0.2) is 0 Å². The number of hydrogen-bond acceptors (Lipinski definition) is 3. The van der Waals surface area contributed by atoms with Crippen LogP contribution in [0.3, 0.4) is 0 Å². The van der Waals surface area contributed by atoms with Crippen LogP contribution < -0.4 is 10.6 Å². The number of carbonyl (C=O) groups excluding carboxylic acids is 1. The Hall–Kier alpha value is -2.08. The fourth-order valence-electron chi connectivity index (χ4n) is 3.10. The molecule has 4 N–H and O–H groups in total. The summed E-state index contributed by atoms with van der Waals surface area (Å²) in [5.74, 6) is -0.877. The number of rotatable bonds is 7. The van der Waals surface area contributed by atoms with E-state index in [0.29, 0.717) is 19.3 Å². The number of aliphatic hydroxyl groups is 1. The molecule has 0 aliphatic heterocycles. The molecule has 1 aromatic rings. The zero-order valence-electron chi connectivity index (χ0n) is 13.8. The van der Waals surface area contributed by atoms with Gasteiger partial charge < -0.3 is 20.8 Å². The van der Waals surface area contributed by atoms with Gasteiger partial charge in [0.05, 0.1) is 12.1 Å². The topological polar surface area (TPSA) is 98.7 Å². The molecule has 6 heteroatoms. The zero-order valence-corrected chi connectivity index (χ0v) is 13.8. The van der Waals surface area contributed by atoms with E-state index in [1.165, 1.54) is 0 Å². The van der Waals surface area contributed by atoms with Crippen LogP contribution in [0.25, 0.3) is 0 Å². The minimum Gasteiger partial charge on any atom is -0.481 e. The number of hydrogen-bond donors (Lipinski definition) is 4. The number of carboxylic acid groups (broad SMARTS) is 1.